The van der Waals surface area contributed by atoms with Crippen molar-refractivity contribution in [2.75, 3.05) is 0 Å². The first-order chi connectivity index (χ1) is 5.66. The molecule has 1 aliphatic rings. The molecule has 0 saturated carbocycles. The van der Waals surface area contributed by atoms with Gasteiger partial charge in [0, 0.05) is 12.0 Å². The Balaban J connectivity index is 0.00000144. The standard InChI is InChI=1S/C4H5NO6S.Na/c6-3-1-2(12-11-10-9)4(7)5(3)8;/h2,8-9H,1H2;/q;+1/p-1. The number of hydrogen-bond donors (Lipinski definition) is 1. The third kappa shape index (κ3) is 3.18. The summed E-state index contributed by atoms with van der Waals surface area (Å²) >= 11 is 0.393. The van der Waals surface area contributed by atoms with Gasteiger partial charge in [-0.2, -0.15) is 9.40 Å². The summed E-state index contributed by atoms with van der Waals surface area (Å²) in [7, 11) is 0. The molecule has 1 saturated heterocycles. The third-order valence-electron chi connectivity index (χ3n) is 1.26. The van der Waals surface area contributed by atoms with E-state index in [1.54, 1.807) is 0 Å². The smallest absolute Gasteiger partial charge is 0.691 e. The zero-order valence-corrected chi connectivity index (χ0v) is 9.44. The van der Waals surface area contributed by atoms with Crippen LogP contribution in [-0.4, -0.2) is 27.3 Å². The van der Waals surface area contributed by atoms with E-state index in [4.69, 9.17) is 5.21 Å². The van der Waals surface area contributed by atoms with Crippen molar-refractivity contribution in [3.8, 4) is 0 Å². The number of amides is 2. The first-order valence-corrected chi connectivity index (χ1v) is 3.65. The van der Waals surface area contributed by atoms with Crippen molar-refractivity contribution in [2.24, 2.45) is 0 Å². The molecule has 1 heterocycles. The Morgan fingerprint density at radius 3 is 2.62 bits per heavy atom. The van der Waals surface area contributed by atoms with E-state index in [0.29, 0.717) is 12.0 Å². The predicted molar refractivity (Wildman–Crippen MR) is 31.8 cm³/mol. The van der Waals surface area contributed by atoms with E-state index < -0.39 is 17.1 Å². The summed E-state index contributed by atoms with van der Waals surface area (Å²) in [5, 5.41) is 20.1. The summed E-state index contributed by atoms with van der Waals surface area (Å²) in [6.07, 6.45) is -0.205. The Morgan fingerprint density at radius 2 is 2.23 bits per heavy atom. The third-order valence-corrected chi connectivity index (χ3v) is 2.00. The first kappa shape index (κ1) is 13.3. The average Bonchev–Trinajstić information content (AvgIpc) is 2.30. The molecule has 0 aliphatic carbocycles. The van der Waals surface area contributed by atoms with Crippen LogP contribution in [0.15, 0.2) is 0 Å². The van der Waals surface area contributed by atoms with Crippen LogP contribution in [0.3, 0.4) is 0 Å². The summed E-state index contributed by atoms with van der Waals surface area (Å²) < 4.78 is 3.83. The Hall–Kier alpha value is 0.330. The fourth-order valence-corrected chi connectivity index (χ4v) is 1.25. The predicted octanol–water partition coefficient (Wildman–Crippen LogP) is -4.62. The van der Waals surface area contributed by atoms with Gasteiger partial charge in [0.2, 0.25) is 0 Å². The number of rotatable bonds is 3. The van der Waals surface area contributed by atoms with Crippen molar-refractivity contribution in [3.63, 3.8) is 0 Å². The van der Waals surface area contributed by atoms with Gasteiger partial charge in [0.25, 0.3) is 11.8 Å². The number of carbonyl (C=O) groups is 2. The SMILES string of the molecule is O=C1CC(SOO[O-])C(=O)N1O.[Na+]. The maximum atomic E-state index is 10.8. The van der Waals surface area contributed by atoms with Crippen LogP contribution in [0.4, 0.5) is 0 Å². The minimum Gasteiger partial charge on any atom is -0.691 e. The molecule has 1 atom stereocenters. The molecule has 0 radical (unpaired) electrons. The number of hydrogen-bond acceptors (Lipinski definition) is 7. The zero-order chi connectivity index (χ0) is 9.14. The van der Waals surface area contributed by atoms with E-state index in [2.05, 4.69) is 9.37 Å². The van der Waals surface area contributed by atoms with Gasteiger partial charge in [0.1, 0.15) is 5.25 Å². The van der Waals surface area contributed by atoms with Gasteiger partial charge >= 0.3 is 29.6 Å². The van der Waals surface area contributed by atoms with Crippen LogP contribution >= 0.6 is 12.0 Å². The number of hydroxylamine groups is 2. The molecule has 0 aromatic carbocycles. The van der Waals surface area contributed by atoms with Crippen LogP contribution in [-0.2, 0) is 19.0 Å². The normalized spacial score (nSPS) is 22.0. The Kier molecular flexibility index (Phi) is 6.09. The Bertz CT molecular complexity index is 213. The van der Waals surface area contributed by atoms with Gasteiger partial charge in [-0.1, -0.05) is 0 Å². The molecule has 9 heteroatoms. The second-order valence-corrected chi connectivity index (χ2v) is 2.87. The molecule has 0 bridgehead atoms. The van der Waals surface area contributed by atoms with Crippen molar-refractivity contribution in [2.45, 2.75) is 11.7 Å². The van der Waals surface area contributed by atoms with E-state index in [0.717, 1.165) is 0 Å². The van der Waals surface area contributed by atoms with Crippen molar-refractivity contribution < 1.29 is 59.0 Å². The van der Waals surface area contributed by atoms with E-state index in [1.165, 1.54) is 0 Å². The summed E-state index contributed by atoms with van der Waals surface area (Å²) in [4.78, 5) is 21.4. The summed E-state index contributed by atoms with van der Waals surface area (Å²) in [5.74, 6) is -1.55. The zero-order valence-electron chi connectivity index (χ0n) is 6.63. The second-order valence-electron chi connectivity index (χ2n) is 1.97. The number of imide groups is 1. The van der Waals surface area contributed by atoms with Crippen LogP contribution < -0.4 is 34.8 Å². The number of carbonyl (C=O) groups excluding carboxylic acids is 2. The maximum absolute atomic E-state index is 10.8. The van der Waals surface area contributed by atoms with Gasteiger partial charge in [0.15, 0.2) is 0 Å². The topological polar surface area (TPSA) is 99.1 Å². The number of nitrogens with zero attached hydrogens (tertiary/aromatic N) is 1. The quantitative estimate of drug-likeness (QED) is 0.127. The monoisotopic (exact) mass is 217 g/mol. The van der Waals surface area contributed by atoms with Crippen LogP contribution in [0.2, 0.25) is 0 Å². The molecule has 0 aromatic rings. The van der Waals surface area contributed by atoms with Crippen molar-refractivity contribution in [1.82, 2.24) is 5.06 Å². The van der Waals surface area contributed by atoms with Gasteiger partial charge in [-0.15, -0.1) is 0 Å². The average molecular weight is 217 g/mol. The molecule has 2 amide bonds. The van der Waals surface area contributed by atoms with Gasteiger partial charge in [-0.25, -0.2) is 0 Å². The largest absolute Gasteiger partial charge is 1.00 e. The fourth-order valence-electron chi connectivity index (χ4n) is 0.730. The van der Waals surface area contributed by atoms with Crippen molar-refractivity contribution >= 4 is 23.9 Å². The summed E-state index contributed by atoms with van der Waals surface area (Å²) in [5.41, 5.74) is 0. The van der Waals surface area contributed by atoms with Gasteiger partial charge in [0.05, 0.1) is 6.42 Å². The minimum atomic E-state index is -0.906. The minimum absolute atomic E-state index is 0. The van der Waals surface area contributed by atoms with Crippen LogP contribution in [0, 0.1) is 0 Å². The van der Waals surface area contributed by atoms with Gasteiger partial charge < -0.3 is 5.26 Å². The molecule has 7 nitrogen and oxygen atoms in total. The van der Waals surface area contributed by atoms with Crippen LogP contribution in [0.25, 0.3) is 0 Å². The molecular weight excluding hydrogens is 213 g/mol. The fraction of sp³-hybridized carbons (Fsp3) is 0.500. The van der Waals surface area contributed by atoms with E-state index in [-0.39, 0.29) is 41.0 Å². The van der Waals surface area contributed by atoms with E-state index >= 15 is 0 Å². The molecule has 1 rings (SSSR count). The van der Waals surface area contributed by atoms with Crippen molar-refractivity contribution in [3.05, 3.63) is 0 Å². The molecule has 1 fully saturated rings. The van der Waals surface area contributed by atoms with Gasteiger partial charge in [-0.05, 0) is 0 Å². The first-order valence-electron chi connectivity index (χ1n) is 2.84. The Labute approximate surface area is 99.3 Å². The molecular formula is C4H4NNaO6S. The van der Waals surface area contributed by atoms with Crippen LogP contribution in [0.1, 0.15) is 6.42 Å². The molecule has 0 aromatic heterocycles. The molecule has 13 heavy (non-hydrogen) atoms. The molecule has 1 unspecified atom stereocenters. The molecule has 68 valence electrons. The van der Waals surface area contributed by atoms with E-state index in [9.17, 15) is 14.8 Å². The Morgan fingerprint density at radius 1 is 1.62 bits per heavy atom. The molecule has 1 N–H and O–H groups in total. The summed E-state index contributed by atoms with van der Waals surface area (Å²) in [6.45, 7) is 0. The second kappa shape index (κ2) is 5.94. The van der Waals surface area contributed by atoms with Crippen LogP contribution in [0.5, 0.6) is 0 Å². The molecule has 0 spiro atoms. The van der Waals surface area contributed by atoms with E-state index in [1.807, 2.05) is 0 Å². The summed E-state index contributed by atoms with van der Waals surface area (Å²) in [6, 6.07) is 0. The maximum Gasteiger partial charge on any atom is 1.00 e. The van der Waals surface area contributed by atoms with Gasteiger partial charge in [-0.3, -0.25) is 19.8 Å². The molecule has 1 aliphatic heterocycles. The van der Waals surface area contributed by atoms with Crippen molar-refractivity contribution in [1.29, 1.82) is 0 Å².